The van der Waals surface area contributed by atoms with Crippen molar-refractivity contribution in [2.45, 2.75) is 217 Å². The van der Waals surface area contributed by atoms with E-state index >= 15 is 0 Å². The van der Waals surface area contributed by atoms with Crippen molar-refractivity contribution in [1.82, 2.24) is 0 Å². The van der Waals surface area contributed by atoms with Crippen molar-refractivity contribution in [3.05, 3.63) is 47.6 Å². The minimum atomic E-state index is -2.19. The molecule has 3 aliphatic heterocycles. The maximum Gasteiger partial charge on any atom is 0.336 e. The number of hydrogen-bond donors (Lipinski definition) is 13. The summed E-state index contributed by atoms with van der Waals surface area (Å²) in [6, 6.07) is 0. The Morgan fingerprint density at radius 1 is 0.682 bits per heavy atom. The Bertz CT molecular complexity index is 2580. The molecule has 0 amide bonds. The third kappa shape index (κ3) is 11.2. The summed E-state index contributed by atoms with van der Waals surface area (Å²) in [6.07, 6.45) is -27.5. The third-order valence-electron chi connectivity index (χ3n) is 21.6. The molecule has 0 radical (unpaired) electrons. The molecule has 7 fully saturated rings. The molecule has 3 heterocycles. The highest BCUT2D eigenvalue weighted by Crippen LogP contribution is 2.76. The van der Waals surface area contributed by atoms with Crippen molar-refractivity contribution in [3.63, 3.8) is 0 Å². The molecule has 12 unspecified atom stereocenters. The third-order valence-corrected chi connectivity index (χ3v) is 21.6. The number of carbonyl (C=O) groups excluding carboxylic acids is 2. The summed E-state index contributed by atoms with van der Waals surface area (Å²) in [5.74, 6) is -4.33. The highest BCUT2D eigenvalue weighted by atomic mass is 16.8. The van der Waals surface area contributed by atoms with Gasteiger partial charge in [0.05, 0.1) is 56.2 Å². The lowest BCUT2D eigenvalue weighted by atomic mass is 9.33. The maximum absolute atomic E-state index is 14.1. The molecule has 5 aliphatic carbocycles. The lowest BCUT2D eigenvalue weighted by Crippen LogP contribution is -2.72. The van der Waals surface area contributed by atoms with Crippen LogP contribution in [0.5, 0.6) is 0 Å². The summed E-state index contributed by atoms with van der Waals surface area (Å²) in [4.78, 5) is 44.9. The van der Waals surface area contributed by atoms with Crippen molar-refractivity contribution in [1.29, 1.82) is 0 Å². The van der Waals surface area contributed by atoms with Gasteiger partial charge in [-0.25, -0.2) is 14.4 Å². The lowest BCUT2D eigenvalue weighted by molar-refractivity contribution is -0.392. The Labute approximate surface area is 494 Å². The quantitative estimate of drug-likeness (QED) is 0.0205. The van der Waals surface area contributed by atoms with E-state index in [-0.39, 0.29) is 42.4 Å². The summed E-state index contributed by atoms with van der Waals surface area (Å²) >= 11 is 0. The molecule has 8 rings (SSSR count). The first kappa shape index (κ1) is 67.3. The number of allylic oxidation sites excluding steroid dienone is 4. The van der Waals surface area contributed by atoms with Crippen LogP contribution in [0.2, 0.25) is 0 Å². The van der Waals surface area contributed by atoms with Crippen LogP contribution in [0.1, 0.15) is 100 Å². The lowest BCUT2D eigenvalue weighted by Gasteiger charge is -2.72. The smallest absolute Gasteiger partial charge is 0.336 e. The molecule has 85 heavy (non-hydrogen) atoms. The standard InChI is InChI=1S/C60H91NO24/c1-26(2)18-28(21-61-11)51(77)84-47-48(85-50(76)27(3)4)60(25-65)30(19-55(47,5)6)29-12-13-34-56(7)16-15-36(57(8,24-64)33(56)14-17-58(34,9)59(29,10)20-35(60)66)80-54-45(82-53-42(72)40(70)38(68)32(23-63)79-53)43(73)44(46(83-54)49(74)75)81-52-41(71)39(69)37(67)31(22-62)78-52/h12,18,30-48,52-54,62-73H,1,3,11,13-17,19-25H2,2,4-10H3,(H,74,75)/b28-18-/t30?,31?,32?,33?,34?,35-,36+,37-,38-,39?,40?,41?,42?,43?,44+,45?,46?,47+,48+,52+,53+,54-,56+,57+,58-,59-,60+/m1/s1. The number of aliphatic hydroxyl groups is 12. The molecule has 0 aromatic rings. The number of ether oxygens (including phenoxy) is 8. The van der Waals surface area contributed by atoms with Gasteiger partial charge in [-0.3, -0.25) is 4.99 Å². The monoisotopic (exact) mass is 1210 g/mol. The zero-order chi connectivity index (χ0) is 63.0. The zero-order valence-electron chi connectivity index (χ0n) is 49.7. The number of nitrogens with zero attached hydrogens (tertiary/aromatic N) is 1. The van der Waals surface area contributed by atoms with E-state index in [1.165, 1.54) is 13.0 Å². The predicted octanol–water partition coefficient (Wildman–Crippen LogP) is -0.528. The Balaban J connectivity index is 1.12. The highest BCUT2D eigenvalue weighted by Gasteiger charge is 2.74. The molecule has 25 heteroatoms. The summed E-state index contributed by atoms with van der Waals surface area (Å²) in [5.41, 5.74) is -3.83. The molecule has 4 saturated carbocycles. The Kier molecular flexibility index (Phi) is 19.7. The molecule has 3 saturated heterocycles. The van der Waals surface area contributed by atoms with E-state index in [4.69, 9.17) is 37.9 Å². The second-order valence-corrected chi connectivity index (χ2v) is 27.0. The van der Waals surface area contributed by atoms with Crippen molar-refractivity contribution < 1.29 is 119 Å². The van der Waals surface area contributed by atoms with Crippen LogP contribution in [0, 0.1) is 50.2 Å². The van der Waals surface area contributed by atoms with Gasteiger partial charge in [0.2, 0.25) is 0 Å². The molecule has 480 valence electrons. The second kappa shape index (κ2) is 24.9. The number of rotatable bonds is 18. The number of esters is 2. The molecule has 0 aromatic heterocycles. The molecule has 27 atom stereocenters. The molecule has 8 aliphatic rings. The topological polar surface area (TPSA) is 400 Å². The van der Waals surface area contributed by atoms with Crippen LogP contribution in [0.15, 0.2) is 52.6 Å². The number of aliphatic imine (C=N–C) groups is 1. The van der Waals surface area contributed by atoms with Crippen LogP contribution < -0.4 is 0 Å². The van der Waals surface area contributed by atoms with Gasteiger partial charge >= 0.3 is 17.9 Å². The van der Waals surface area contributed by atoms with Gasteiger partial charge in [0, 0.05) is 16.4 Å². The average Bonchev–Trinajstić information content (AvgIpc) is 0.683. The largest absolute Gasteiger partial charge is 0.479 e. The van der Waals surface area contributed by atoms with Gasteiger partial charge in [0.15, 0.2) is 31.1 Å². The molecular weight excluding hydrogens is 1120 g/mol. The van der Waals surface area contributed by atoms with E-state index in [1.807, 2.05) is 20.8 Å². The number of aliphatic hydroxyl groups excluding tert-OH is 12. The van der Waals surface area contributed by atoms with Gasteiger partial charge in [0.25, 0.3) is 0 Å². The average molecular weight is 1210 g/mol. The number of carboxylic acid groups (broad SMARTS) is 1. The first-order chi connectivity index (χ1) is 39.7. The van der Waals surface area contributed by atoms with E-state index in [2.05, 4.69) is 51.7 Å². The van der Waals surface area contributed by atoms with Crippen molar-refractivity contribution in [2.24, 2.45) is 55.2 Å². The minimum Gasteiger partial charge on any atom is -0.479 e. The van der Waals surface area contributed by atoms with Crippen LogP contribution in [0.25, 0.3) is 0 Å². The molecule has 0 aromatic carbocycles. The fourth-order valence-corrected chi connectivity index (χ4v) is 16.7. The van der Waals surface area contributed by atoms with Gasteiger partial charge < -0.3 is 104 Å². The van der Waals surface area contributed by atoms with Crippen LogP contribution in [0.3, 0.4) is 0 Å². The summed E-state index contributed by atoms with van der Waals surface area (Å²) in [6.45, 7) is 23.7. The second-order valence-electron chi connectivity index (χ2n) is 27.0. The summed E-state index contributed by atoms with van der Waals surface area (Å²) in [7, 11) is 0. The molecule has 0 bridgehead atoms. The van der Waals surface area contributed by atoms with E-state index in [1.54, 1.807) is 6.92 Å². The fourth-order valence-electron chi connectivity index (χ4n) is 16.7. The zero-order valence-corrected chi connectivity index (χ0v) is 49.7. The van der Waals surface area contributed by atoms with E-state index < -0.39 is 199 Å². The normalized spacial score (nSPS) is 47.8. The molecule has 0 spiro atoms. The Hall–Kier alpha value is -3.68. The maximum atomic E-state index is 14.1. The Morgan fingerprint density at radius 3 is 1.78 bits per heavy atom. The van der Waals surface area contributed by atoms with Crippen molar-refractivity contribution in [3.8, 4) is 0 Å². The van der Waals surface area contributed by atoms with Gasteiger partial charge in [-0.05, 0) is 106 Å². The summed E-state index contributed by atoms with van der Waals surface area (Å²) < 4.78 is 48.7. The van der Waals surface area contributed by atoms with E-state index in [9.17, 15) is 80.8 Å². The molecule has 25 nitrogen and oxygen atoms in total. The number of carboxylic acids is 1. The predicted molar refractivity (Wildman–Crippen MR) is 296 cm³/mol. The SMILES string of the molecule is C=NC/C(=C/C(=C)C)C(=O)O[C@H]1[C@H](OC(=O)C(=C)C)[C@@]2(CO)C(CC1(C)C)C1=CCC3[C@@]4(C)CC[C@H](O[C@@H]5OC(C(=O)O)[C@@H](O[C@@H]6OC(CO)[C@@H](O)C(O)C6O)C(O)C5O[C@@H]5OC(CO)[C@@H](O)C(O)C5O)[C@@](C)(CO)C4CC[C@@]3(C)[C@]1(C)C[C@H]2O. The molecule has 13 N–H and O–H groups in total. The fraction of sp³-hybridized carbons (Fsp3) is 0.800. The van der Waals surface area contributed by atoms with E-state index in [0.717, 1.165) is 5.57 Å². The number of hydrogen-bond acceptors (Lipinski definition) is 24. The van der Waals surface area contributed by atoms with Crippen molar-refractivity contribution in [2.75, 3.05) is 33.0 Å². The number of fused-ring (bicyclic) bond motifs is 7. The first-order valence-corrected chi connectivity index (χ1v) is 29.3. The van der Waals surface area contributed by atoms with Gasteiger partial charge in [-0.1, -0.05) is 71.9 Å². The number of aliphatic carboxylic acids is 1. The van der Waals surface area contributed by atoms with Crippen LogP contribution in [0.4, 0.5) is 0 Å². The van der Waals surface area contributed by atoms with E-state index in [0.29, 0.717) is 37.7 Å². The van der Waals surface area contributed by atoms with Crippen LogP contribution in [-0.4, -0.2) is 241 Å². The van der Waals surface area contributed by atoms with Gasteiger partial charge in [-0.2, -0.15) is 0 Å². The summed E-state index contributed by atoms with van der Waals surface area (Å²) in [5, 5.41) is 144. The number of carbonyl (C=O) groups is 3. The van der Waals surface area contributed by atoms with Crippen LogP contribution >= 0.6 is 0 Å². The van der Waals surface area contributed by atoms with Crippen LogP contribution in [-0.2, 0) is 52.3 Å². The first-order valence-electron chi connectivity index (χ1n) is 29.3. The van der Waals surface area contributed by atoms with Gasteiger partial charge in [0.1, 0.15) is 73.2 Å². The van der Waals surface area contributed by atoms with Gasteiger partial charge in [-0.15, -0.1) is 0 Å². The minimum absolute atomic E-state index is 0.0575. The Morgan fingerprint density at radius 2 is 1.26 bits per heavy atom. The highest BCUT2D eigenvalue weighted by molar-refractivity contribution is 5.90. The van der Waals surface area contributed by atoms with Crippen molar-refractivity contribution >= 4 is 24.6 Å². The molecular formula is C60H91NO24.